The van der Waals surface area contributed by atoms with Crippen LogP contribution in [0, 0.1) is 0 Å². The van der Waals surface area contributed by atoms with Gasteiger partial charge in [-0.25, -0.2) is 0 Å². The van der Waals surface area contributed by atoms with Crippen LogP contribution >= 0.6 is 0 Å². The maximum absolute atomic E-state index is 12.7. The quantitative estimate of drug-likeness (QED) is 0.697. The predicted octanol–water partition coefficient (Wildman–Crippen LogP) is 3.75. The first-order valence-electron chi connectivity index (χ1n) is 10.1. The number of hydrogen-bond donors (Lipinski definition) is 1. The minimum atomic E-state index is -0.00675. The number of fused-ring (bicyclic) bond motifs is 1. The molecular weight excluding hydrogens is 362 g/mol. The smallest absolute Gasteiger partial charge is 0.238 e. The van der Waals surface area contributed by atoms with Gasteiger partial charge in [0.05, 0.1) is 19.8 Å². The molecule has 1 aliphatic rings. The van der Waals surface area contributed by atoms with Crippen LogP contribution in [0.25, 0.3) is 10.8 Å². The van der Waals surface area contributed by atoms with E-state index in [0.717, 1.165) is 49.3 Å². The maximum Gasteiger partial charge on any atom is 0.238 e. The third-order valence-corrected chi connectivity index (χ3v) is 5.26. The van der Waals surface area contributed by atoms with Gasteiger partial charge in [0.2, 0.25) is 5.91 Å². The minimum Gasteiger partial charge on any atom is -0.378 e. The summed E-state index contributed by atoms with van der Waals surface area (Å²) in [6, 6.07) is 22.5. The van der Waals surface area contributed by atoms with E-state index in [2.05, 4.69) is 51.5 Å². The van der Waals surface area contributed by atoms with Crippen molar-refractivity contribution in [2.24, 2.45) is 0 Å². The van der Waals surface area contributed by atoms with Gasteiger partial charge < -0.3 is 15.0 Å². The second-order valence-electron chi connectivity index (χ2n) is 7.48. The highest BCUT2D eigenvalue weighted by Gasteiger charge is 2.16. The molecule has 0 saturated carbocycles. The van der Waals surface area contributed by atoms with E-state index in [-0.39, 0.29) is 5.91 Å². The summed E-state index contributed by atoms with van der Waals surface area (Å²) < 4.78 is 5.48. The third kappa shape index (κ3) is 4.75. The van der Waals surface area contributed by atoms with E-state index < -0.39 is 0 Å². The monoisotopic (exact) mass is 389 g/mol. The molecule has 3 aromatic rings. The summed E-state index contributed by atoms with van der Waals surface area (Å²) in [5.41, 5.74) is 3.32. The number of carbonyl (C=O) groups is 1. The molecule has 150 valence electrons. The summed E-state index contributed by atoms with van der Waals surface area (Å²) in [5, 5.41) is 5.25. The van der Waals surface area contributed by atoms with E-state index in [0.29, 0.717) is 6.54 Å². The molecule has 1 fully saturated rings. The molecule has 29 heavy (non-hydrogen) atoms. The molecule has 1 N–H and O–H groups in total. The Morgan fingerprint density at radius 2 is 1.72 bits per heavy atom. The Hall–Kier alpha value is -2.89. The SMILES string of the molecule is CN(CC(=O)Nc1cccc2ccccc12)Cc1ccccc1N1CCOCC1. The molecule has 5 heteroatoms. The Morgan fingerprint density at radius 3 is 2.59 bits per heavy atom. The third-order valence-electron chi connectivity index (χ3n) is 5.26. The van der Waals surface area contributed by atoms with Gasteiger partial charge in [-0.3, -0.25) is 9.69 Å². The van der Waals surface area contributed by atoms with Gasteiger partial charge in [-0.15, -0.1) is 0 Å². The van der Waals surface area contributed by atoms with Crippen LogP contribution in [0.5, 0.6) is 0 Å². The lowest BCUT2D eigenvalue weighted by molar-refractivity contribution is -0.117. The molecule has 0 bridgehead atoms. The molecule has 5 nitrogen and oxygen atoms in total. The molecule has 0 unspecified atom stereocenters. The number of morpholine rings is 1. The van der Waals surface area contributed by atoms with Crippen molar-refractivity contribution in [2.45, 2.75) is 6.54 Å². The molecule has 1 heterocycles. The van der Waals surface area contributed by atoms with E-state index in [1.54, 1.807) is 0 Å². The molecule has 0 radical (unpaired) electrons. The number of nitrogens with one attached hydrogen (secondary N) is 1. The van der Waals surface area contributed by atoms with Crippen LogP contribution in [-0.4, -0.2) is 50.7 Å². The number of ether oxygens (including phenoxy) is 1. The van der Waals surface area contributed by atoms with Gasteiger partial charge in [-0.1, -0.05) is 54.6 Å². The second-order valence-corrected chi connectivity index (χ2v) is 7.48. The number of hydrogen-bond acceptors (Lipinski definition) is 4. The van der Waals surface area contributed by atoms with Crippen molar-refractivity contribution in [1.29, 1.82) is 0 Å². The van der Waals surface area contributed by atoms with Gasteiger partial charge in [-0.05, 0) is 30.1 Å². The predicted molar refractivity (Wildman–Crippen MR) is 118 cm³/mol. The van der Waals surface area contributed by atoms with E-state index >= 15 is 0 Å². The topological polar surface area (TPSA) is 44.8 Å². The van der Waals surface area contributed by atoms with Gasteiger partial charge in [0.1, 0.15) is 0 Å². The van der Waals surface area contributed by atoms with Crippen molar-refractivity contribution >= 4 is 28.1 Å². The average molecular weight is 389 g/mol. The Balaban J connectivity index is 1.41. The number of rotatable bonds is 6. The Bertz CT molecular complexity index is 977. The molecule has 0 aromatic heterocycles. The minimum absolute atomic E-state index is 0.00675. The van der Waals surface area contributed by atoms with Crippen molar-refractivity contribution in [3.05, 3.63) is 72.3 Å². The molecule has 1 amide bonds. The van der Waals surface area contributed by atoms with Gasteiger partial charge in [0, 0.05) is 36.4 Å². The van der Waals surface area contributed by atoms with E-state index in [1.807, 2.05) is 37.4 Å². The van der Waals surface area contributed by atoms with Crippen LogP contribution < -0.4 is 10.2 Å². The van der Waals surface area contributed by atoms with Crippen molar-refractivity contribution in [3.8, 4) is 0 Å². The van der Waals surface area contributed by atoms with Crippen LogP contribution in [0.2, 0.25) is 0 Å². The summed E-state index contributed by atoms with van der Waals surface area (Å²) in [4.78, 5) is 17.1. The molecular formula is C24H27N3O2. The van der Waals surface area contributed by atoms with Gasteiger partial charge in [0.15, 0.2) is 0 Å². The van der Waals surface area contributed by atoms with E-state index in [9.17, 15) is 4.79 Å². The number of carbonyl (C=O) groups excluding carboxylic acids is 1. The first-order valence-corrected chi connectivity index (χ1v) is 10.1. The summed E-state index contributed by atoms with van der Waals surface area (Å²) in [6.45, 7) is 4.39. The summed E-state index contributed by atoms with van der Waals surface area (Å²) >= 11 is 0. The van der Waals surface area contributed by atoms with E-state index in [1.165, 1.54) is 11.3 Å². The molecule has 3 aromatic carbocycles. The number of anilines is 2. The summed E-state index contributed by atoms with van der Waals surface area (Å²) in [7, 11) is 1.98. The fourth-order valence-electron chi connectivity index (χ4n) is 3.87. The van der Waals surface area contributed by atoms with Crippen LogP contribution in [0.15, 0.2) is 66.7 Å². The van der Waals surface area contributed by atoms with E-state index in [4.69, 9.17) is 4.74 Å². The lowest BCUT2D eigenvalue weighted by Gasteiger charge is -2.31. The standard InChI is InChI=1S/C24H27N3O2/c1-26(17-20-8-3-5-12-23(20)27-13-15-29-16-14-27)18-24(28)25-22-11-6-9-19-7-2-4-10-21(19)22/h2-12H,13-18H2,1H3,(H,25,28). The van der Waals surface area contributed by atoms with Gasteiger partial charge in [0.25, 0.3) is 0 Å². The normalized spacial score (nSPS) is 14.3. The maximum atomic E-state index is 12.7. The zero-order valence-electron chi connectivity index (χ0n) is 16.8. The lowest BCUT2D eigenvalue weighted by Crippen LogP contribution is -2.37. The van der Waals surface area contributed by atoms with Crippen molar-refractivity contribution in [3.63, 3.8) is 0 Å². The molecule has 1 aliphatic heterocycles. The van der Waals surface area contributed by atoms with Crippen LogP contribution in [0.1, 0.15) is 5.56 Å². The molecule has 0 aliphatic carbocycles. The van der Waals surface area contributed by atoms with Crippen LogP contribution in [-0.2, 0) is 16.1 Å². The number of para-hydroxylation sites is 1. The zero-order chi connectivity index (χ0) is 20.1. The van der Waals surface area contributed by atoms with Crippen LogP contribution in [0.3, 0.4) is 0 Å². The molecule has 0 spiro atoms. The Morgan fingerprint density at radius 1 is 1.00 bits per heavy atom. The molecule has 0 atom stereocenters. The van der Waals surface area contributed by atoms with Crippen molar-refractivity contribution < 1.29 is 9.53 Å². The van der Waals surface area contributed by atoms with Crippen molar-refractivity contribution in [1.82, 2.24) is 4.90 Å². The van der Waals surface area contributed by atoms with Crippen LogP contribution in [0.4, 0.5) is 11.4 Å². The second kappa shape index (κ2) is 9.07. The molecule has 1 saturated heterocycles. The molecule has 4 rings (SSSR count). The van der Waals surface area contributed by atoms with Crippen molar-refractivity contribution in [2.75, 3.05) is 50.1 Å². The first kappa shape index (κ1) is 19.4. The largest absolute Gasteiger partial charge is 0.378 e. The Kier molecular flexibility index (Phi) is 6.08. The summed E-state index contributed by atoms with van der Waals surface area (Å²) in [5.74, 6) is -0.00675. The lowest BCUT2D eigenvalue weighted by atomic mass is 10.1. The highest BCUT2D eigenvalue weighted by Crippen LogP contribution is 2.24. The number of benzene rings is 3. The number of nitrogens with zero attached hydrogens (tertiary/aromatic N) is 2. The number of amides is 1. The highest BCUT2D eigenvalue weighted by atomic mass is 16.5. The number of likely N-dealkylation sites (N-methyl/N-ethyl adjacent to an activating group) is 1. The van der Waals surface area contributed by atoms with Gasteiger partial charge >= 0.3 is 0 Å². The first-order chi connectivity index (χ1) is 14.2. The fourth-order valence-corrected chi connectivity index (χ4v) is 3.87. The summed E-state index contributed by atoms with van der Waals surface area (Å²) in [6.07, 6.45) is 0. The van der Waals surface area contributed by atoms with Gasteiger partial charge in [-0.2, -0.15) is 0 Å². The highest BCUT2D eigenvalue weighted by molar-refractivity contribution is 6.02. The fraction of sp³-hybridized carbons (Fsp3) is 0.292. The zero-order valence-corrected chi connectivity index (χ0v) is 16.8. The average Bonchev–Trinajstić information content (AvgIpc) is 2.75. The Labute approximate surface area is 171 Å².